The molecule has 0 aromatic carbocycles. The van der Waals surface area contributed by atoms with E-state index in [0.717, 1.165) is 103 Å². The molecule has 0 aromatic heterocycles. The van der Waals surface area contributed by atoms with Crippen molar-refractivity contribution < 1.29 is 81.6 Å². The van der Waals surface area contributed by atoms with Gasteiger partial charge in [0.25, 0.3) is 0 Å². The number of unbranched alkanes of at least 4 members (excludes halogenated alkanes) is 17. The zero-order valence-corrected chi connectivity index (χ0v) is 43.2. The number of allylic oxidation sites excluding steroid dienone is 7. The summed E-state index contributed by atoms with van der Waals surface area (Å²) in [5.74, 6) is -1.24. The van der Waals surface area contributed by atoms with Crippen molar-refractivity contribution in [1.29, 1.82) is 0 Å². The molecular weight excluding hydrogens is 934 g/mol. The highest BCUT2D eigenvalue weighted by Crippen LogP contribution is 2.49. The van der Waals surface area contributed by atoms with Gasteiger partial charge in [-0.2, -0.15) is 0 Å². The molecule has 19 heteroatoms. The molecule has 7 N–H and O–H groups in total. The Labute approximate surface area is 412 Å². The molecule has 0 bridgehead atoms. The monoisotopic (exact) mass is 1020 g/mol. The highest BCUT2D eigenvalue weighted by Gasteiger charge is 2.54. The van der Waals surface area contributed by atoms with Crippen LogP contribution in [0.1, 0.15) is 187 Å². The number of aliphatic hydroxyl groups is 4. The summed E-state index contributed by atoms with van der Waals surface area (Å²) in [4.78, 5) is 54.5. The molecule has 1 aliphatic heterocycles. The van der Waals surface area contributed by atoms with Crippen molar-refractivity contribution in [3.8, 4) is 0 Å². The van der Waals surface area contributed by atoms with E-state index in [-0.39, 0.29) is 12.8 Å². The number of phosphoric ester groups is 2. The Morgan fingerprint density at radius 1 is 0.536 bits per heavy atom. The number of phosphoric acid groups is 2. The standard InChI is InChI=1S/C50H88O17P2/c1-3-5-7-9-11-12-13-14-15-16-17-18-19-20-21-22-23-24-28-33-37-44(52)64-40(39-63-69(60,61)67-50-47(55)45(53)46(54)49(48(50)56)66-68(57,58)59)38-62-43(51)36-32-29-25-27-31-35-42-41(65-42)34-30-26-10-8-6-4-2/h12-13,15-16,18-19,26,30,40-42,45-50,53-56H,3-11,14,17,20-25,27-29,31-39H2,1-2H3,(H,60,61)(H2,57,58,59)/b13-12-,16-15-,19-18-,30-26-/t40-,41?,42?,45?,46?,47?,48?,49-,50+/m1/s1. The van der Waals surface area contributed by atoms with Crippen LogP contribution in [-0.2, 0) is 46.5 Å². The van der Waals surface area contributed by atoms with Gasteiger partial charge in [-0.3, -0.25) is 23.2 Å². The number of hydrogen-bond acceptors (Lipinski definition) is 14. The lowest BCUT2D eigenvalue weighted by molar-refractivity contribution is -0.216. The Morgan fingerprint density at radius 3 is 1.61 bits per heavy atom. The van der Waals surface area contributed by atoms with Gasteiger partial charge in [-0.25, -0.2) is 9.13 Å². The lowest BCUT2D eigenvalue weighted by atomic mass is 9.85. The fourth-order valence-electron chi connectivity index (χ4n) is 7.92. The van der Waals surface area contributed by atoms with Gasteiger partial charge >= 0.3 is 27.6 Å². The van der Waals surface area contributed by atoms with Crippen molar-refractivity contribution in [2.24, 2.45) is 0 Å². The number of esters is 2. The molecule has 0 amide bonds. The van der Waals surface area contributed by atoms with Gasteiger partial charge in [0.2, 0.25) is 0 Å². The maximum absolute atomic E-state index is 13.0. The molecule has 1 saturated carbocycles. The van der Waals surface area contributed by atoms with E-state index in [4.69, 9.17) is 23.3 Å². The molecule has 0 radical (unpaired) electrons. The van der Waals surface area contributed by atoms with E-state index >= 15 is 0 Å². The normalized spacial score (nSPS) is 24.4. The summed E-state index contributed by atoms with van der Waals surface area (Å²) in [6, 6.07) is 0. The Balaban J connectivity index is 1.77. The minimum absolute atomic E-state index is 0.0219. The van der Waals surface area contributed by atoms with Crippen LogP contribution in [0.2, 0.25) is 0 Å². The van der Waals surface area contributed by atoms with E-state index in [2.05, 4.69) is 67.0 Å². The molecule has 400 valence electrons. The zero-order chi connectivity index (χ0) is 50.8. The predicted octanol–water partition coefficient (Wildman–Crippen LogP) is 9.44. The molecule has 69 heavy (non-hydrogen) atoms. The van der Waals surface area contributed by atoms with E-state index in [1.165, 1.54) is 44.9 Å². The highest BCUT2D eigenvalue weighted by molar-refractivity contribution is 7.47. The molecule has 2 rings (SSSR count). The molecule has 1 saturated heterocycles. The average molecular weight is 1020 g/mol. The van der Waals surface area contributed by atoms with Crippen LogP contribution in [-0.4, -0.2) is 115 Å². The van der Waals surface area contributed by atoms with Crippen molar-refractivity contribution in [2.75, 3.05) is 13.2 Å². The number of aliphatic hydroxyl groups excluding tert-OH is 4. The van der Waals surface area contributed by atoms with E-state index in [0.29, 0.717) is 25.0 Å². The number of epoxide rings is 1. The third kappa shape index (κ3) is 31.2. The predicted molar refractivity (Wildman–Crippen MR) is 264 cm³/mol. The van der Waals surface area contributed by atoms with Gasteiger partial charge in [-0.05, 0) is 77.0 Å². The smallest absolute Gasteiger partial charge is 0.462 e. The lowest BCUT2D eigenvalue weighted by Gasteiger charge is -2.43. The van der Waals surface area contributed by atoms with Gasteiger partial charge in [0.1, 0.15) is 43.2 Å². The minimum Gasteiger partial charge on any atom is -0.462 e. The van der Waals surface area contributed by atoms with Crippen molar-refractivity contribution in [3.05, 3.63) is 48.6 Å². The summed E-state index contributed by atoms with van der Waals surface area (Å²) in [5.41, 5.74) is 0. The third-order valence-corrected chi connectivity index (χ3v) is 13.6. The minimum atomic E-state index is -5.37. The first-order valence-corrected chi connectivity index (χ1v) is 28.8. The summed E-state index contributed by atoms with van der Waals surface area (Å²) in [7, 11) is -10.7. The molecule has 2 fully saturated rings. The molecule has 0 spiro atoms. The fourth-order valence-corrected chi connectivity index (χ4v) is 9.46. The lowest BCUT2D eigenvalue weighted by Crippen LogP contribution is -2.64. The highest BCUT2D eigenvalue weighted by atomic mass is 31.2. The molecule has 1 aliphatic carbocycles. The number of rotatable bonds is 42. The van der Waals surface area contributed by atoms with Crippen molar-refractivity contribution in [1.82, 2.24) is 0 Å². The van der Waals surface area contributed by atoms with Crippen molar-refractivity contribution >= 4 is 27.6 Å². The summed E-state index contributed by atoms with van der Waals surface area (Å²) in [6.07, 6.45) is 29.3. The van der Waals surface area contributed by atoms with Crippen LogP contribution in [0, 0.1) is 0 Å². The Morgan fingerprint density at radius 2 is 1.01 bits per heavy atom. The van der Waals surface area contributed by atoms with Crippen LogP contribution in [0.25, 0.3) is 0 Å². The molecule has 7 unspecified atom stereocenters. The van der Waals surface area contributed by atoms with Crippen LogP contribution in [0.3, 0.4) is 0 Å². The first-order chi connectivity index (χ1) is 33.1. The number of carbonyl (C=O) groups excluding carboxylic acids is 2. The van der Waals surface area contributed by atoms with Gasteiger partial charge < -0.3 is 49.3 Å². The Bertz CT molecular complexity index is 1580. The summed E-state index contributed by atoms with van der Waals surface area (Å²) in [6.45, 7) is 3.04. The second-order valence-electron chi connectivity index (χ2n) is 18.3. The van der Waals surface area contributed by atoms with E-state index < -0.39 is 83.5 Å². The SMILES string of the molecule is CCCCC/C=C\CC1OC1CCCCCCCC(=O)OC[C@H](COP(=O)(O)O[C@H]1C(O)C(O)C(O)[C@@H](OP(=O)(O)O)C1O)OC(=O)CCCCCCCC/C=C\C/C=C\C/C=C\CCCCCC. The molecule has 1 heterocycles. The Kier molecular flexibility index (Phi) is 34.4. The summed E-state index contributed by atoms with van der Waals surface area (Å²) in [5, 5.41) is 41.3. The maximum atomic E-state index is 13.0. The van der Waals surface area contributed by atoms with Crippen molar-refractivity contribution in [3.63, 3.8) is 0 Å². The largest absolute Gasteiger partial charge is 0.472 e. The zero-order valence-electron chi connectivity index (χ0n) is 41.4. The first kappa shape index (κ1) is 63.0. The van der Waals surface area contributed by atoms with Gasteiger partial charge in [0.05, 0.1) is 18.8 Å². The van der Waals surface area contributed by atoms with Crippen LogP contribution in [0.4, 0.5) is 0 Å². The van der Waals surface area contributed by atoms with E-state index in [1.54, 1.807) is 0 Å². The summed E-state index contributed by atoms with van der Waals surface area (Å²) < 4.78 is 55.3. The Hall–Kier alpha value is -2.08. The number of carbonyl (C=O) groups is 2. The molecule has 17 nitrogen and oxygen atoms in total. The fraction of sp³-hybridized carbons (Fsp3) is 0.800. The quantitative estimate of drug-likeness (QED) is 0.00986. The van der Waals surface area contributed by atoms with Gasteiger partial charge in [-0.15, -0.1) is 0 Å². The molecule has 10 atom stereocenters. The van der Waals surface area contributed by atoms with Gasteiger partial charge in [0, 0.05) is 12.8 Å². The van der Waals surface area contributed by atoms with Crippen LogP contribution in [0.15, 0.2) is 48.6 Å². The third-order valence-electron chi connectivity index (χ3n) is 12.0. The molecule has 0 aromatic rings. The van der Waals surface area contributed by atoms with Gasteiger partial charge in [0.15, 0.2) is 6.10 Å². The van der Waals surface area contributed by atoms with Crippen LogP contribution in [0.5, 0.6) is 0 Å². The van der Waals surface area contributed by atoms with Gasteiger partial charge in [-0.1, -0.05) is 146 Å². The van der Waals surface area contributed by atoms with E-state index in [9.17, 15) is 53.8 Å². The van der Waals surface area contributed by atoms with Crippen LogP contribution < -0.4 is 0 Å². The number of hydrogen-bond donors (Lipinski definition) is 7. The summed E-state index contributed by atoms with van der Waals surface area (Å²) >= 11 is 0. The second kappa shape index (κ2) is 37.6. The molecular formula is C50H88O17P2. The maximum Gasteiger partial charge on any atom is 0.472 e. The van der Waals surface area contributed by atoms with E-state index in [1.807, 2.05) is 0 Å². The first-order valence-electron chi connectivity index (χ1n) is 25.8. The molecule has 2 aliphatic rings. The average Bonchev–Trinajstić information content (AvgIpc) is 4.06. The van der Waals surface area contributed by atoms with Crippen molar-refractivity contribution in [2.45, 2.75) is 242 Å². The second-order valence-corrected chi connectivity index (χ2v) is 20.9. The topological polar surface area (TPSA) is 269 Å². The van der Waals surface area contributed by atoms with Crippen LogP contribution >= 0.6 is 15.6 Å². The number of ether oxygens (including phenoxy) is 3.